The van der Waals surface area contributed by atoms with E-state index >= 15 is 0 Å². The average Bonchev–Trinajstić information content (AvgIpc) is 2.71. The van der Waals surface area contributed by atoms with E-state index in [2.05, 4.69) is 5.32 Å². The van der Waals surface area contributed by atoms with Gasteiger partial charge in [-0.05, 0) is 24.3 Å². The summed E-state index contributed by atoms with van der Waals surface area (Å²) in [4.78, 5) is 35.3. The highest BCUT2D eigenvalue weighted by molar-refractivity contribution is 6.28. The van der Waals surface area contributed by atoms with Crippen LogP contribution in [0.5, 0.6) is 0 Å². The Morgan fingerprint density at radius 2 is 1.68 bits per heavy atom. The summed E-state index contributed by atoms with van der Waals surface area (Å²) in [6.45, 7) is 0.284. The van der Waals surface area contributed by atoms with E-state index in [0.29, 0.717) is 11.4 Å². The van der Waals surface area contributed by atoms with Gasteiger partial charge in [-0.1, -0.05) is 0 Å². The maximum absolute atomic E-state index is 11.5. The van der Waals surface area contributed by atoms with E-state index in [0.717, 1.165) is 4.90 Å². The molecule has 0 aromatic heterocycles. The van der Waals surface area contributed by atoms with Crippen LogP contribution in [-0.2, 0) is 14.4 Å². The quantitative estimate of drug-likeness (QED) is 0.766. The molecule has 0 saturated carbocycles. The van der Waals surface area contributed by atoms with Gasteiger partial charge in [0.25, 0.3) is 11.8 Å². The number of nitrogens with one attached hydrogen (secondary N) is 1. The molecule has 0 aliphatic carbocycles. The highest BCUT2D eigenvalue weighted by Gasteiger charge is 2.24. The van der Waals surface area contributed by atoms with Crippen molar-refractivity contribution in [2.75, 3.05) is 16.8 Å². The lowest BCUT2D eigenvalue weighted by Gasteiger charge is -2.14. The van der Waals surface area contributed by atoms with E-state index in [1.807, 2.05) is 0 Å². The number of rotatable bonds is 4. The van der Waals surface area contributed by atoms with Gasteiger partial charge >= 0.3 is 0 Å². The number of carbonyl (C=O) groups is 3. The number of nitrogens with two attached hydrogens (primary N) is 1. The first-order valence-electron chi connectivity index (χ1n) is 5.78. The number of nitrogens with zero attached hydrogens (tertiary/aromatic N) is 1. The monoisotopic (exact) mass is 259 g/mol. The molecule has 0 unspecified atom stereocenters. The minimum atomic E-state index is -0.370. The summed E-state index contributed by atoms with van der Waals surface area (Å²) >= 11 is 0. The van der Waals surface area contributed by atoms with E-state index in [1.54, 1.807) is 24.3 Å². The molecule has 0 atom stereocenters. The van der Waals surface area contributed by atoms with Gasteiger partial charge in [0.15, 0.2) is 0 Å². The molecule has 98 valence electrons. The van der Waals surface area contributed by atoms with Crippen molar-refractivity contribution in [1.29, 1.82) is 0 Å². The lowest BCUT2D eigenvalue weighted by atomic mass is 10.2. The minimum Gasteiger partial charge on any atom is -0.330 e. The first-order valence-corrected chi connectivity index (χ1v) is 5.78. The number of amides is 3. The highest BCUT2D eigenvalue weighted by Crippen LogP contribution is 2.21. The van der Waals surface area contributed by atoms with Crippen molar-refractivity contribution in [3.63, 3.8) is 0 Å². The molecule has 6 heteroatoms. The second-order valence-electron chi connectivity index (χ2n) is 3.98. The van der Waals surface area contributed by atoms with Crippen molar-refractivity contribution in [3.05, 3.63) is 36.4 Å². The van der Waals surface area contributed by atoms with E-state index in [9.17, 15) is 14.4 Å². The van der Waals surface area contributed by atoms with Gasteiger partial charge in [0.2, 0.25) is 5.91 Å². The number of carbonyl (C=O) groups excluding carboxylic acids is 3. The molecular weight excluding hydrogens is 246 g/mol. The fourth-order valence-electron chi connectivity index (χ4n) is 1.70. The Bertz CT molecular complexity index is 531. The van der Waals surface area contributed by atoms with E-state index in [-0.39, 0.29) is 30.7 Å². The van der Waals surface area contributed by atoms with Crippen LogP contribution in [0.4, 0.5) is 11.4 Å². The Morgan fingerprint density at radius 1 is 1.11 bits per heavy atom. The highest BCUT2D eigenvalue weighted by atomic mass is 16.2. The summed E-state index contributed by atoms with van der Waals surface area (Å²) in [6, 6.07) is 6.45. The number of hydrogen-bond donors (Lipinski definition) is 2. The van der Waals surface area contributed by atoms with Crippen LogP contribution in [-0.4, -0.2) is 24.3 Å². The third-order valence-corrected chi connectivity index (χ3v) is 2.59. The number of anilines is 2. The van der Waals surface area contributed by atoms with Crippen LogP contribution in [0.2, 0.25) is 0 Å². The van der Waals surface area contributed by atoms with Crippen LogP contribution in [0.3, 0.4) is 0 Å². The van der Waals surface area contributed by atoms with Crippen molar-refractivity contribution in [2.45, 2.75) is 6.42 Å². The zero-order chi connectivity index (χ0) is 13.8. The van der Waals surface area contributed by atoms with Crippen LogP contribution in [0.1, 0.15) is 6.42 Å². The van der Waals surface area contributed by atoms with Crippen molar-refractivity contribution >= 4 is 29.1 Å². The van der Waals surface area contributed by atoms with Crippen LogP contribution in [0.15, 0.2) is 36.4 Å². The summed E-state index contributed by atoms with van der Waals surface area (Å²) in [7, 11) is 0. The minimum absolute atomic E-state index is 0.176. The topological polar surface area (TPSA) is 92.5 Å². The second-order valence-corrected chi connectivity index (χ2v) is 3.98. The van der Waals surface area contributed by atoms with E-state index in [4.69, 9.17) is 5.73 Å². The third kappa shape index (κ3) is 2.86. The van der Waals surface area contributed by atoms with Crippen LogP contribution in [0, 0.1) is 0 Å². The van der Waals surface area contributed by atoms with Crippen LogP contribution >= 0.6 is 0 Å². The summed E-state index contributed by atoms with van der Waals surface area (Å²) in [6.07, 6.45) is 2.69. The van der Waals surface area contributed by atoms with Gasteiger partial charge in [0.05, 0.1) is 5.69 Å². The molecular formula is C13H13N3O3. The molecule has 3 amide bonds. The molecule has 0 spiro atoms. The number of benzene rings is 1. The summed E-state index contributed by atoms with van der Waals surface area (Å²) < 4.78 is 0. The SMILES string of the molecule is NCCC(=O)Nc1ccc(N2C(=O)C=CC2=O)cc1. The molecule has 0 bridgehead atoms. The van der Waals surface area contributed by atoms with Crippen LogP contribution in [0.25, 0.3) is 0 Å². The van der Waals surface area contributed by atoms with Crippen molar-refractivity contribution in [1.82, 2.24) is 0 Å². The van der Waals surface area contributed by atoms with Crippen LogP contribution < -0.4 is 16.0 Å². The second kappa shape index (κ2) is 5.45. The van der Waals surface area contributed by atoms with Gasteiger partial charge in [-0.25, -0.2) is 4.90 Å². The molecule has 0 radical (unpaired) electrons. The average molecular weight is 259 g/mol. The lowest BCUT2D eigenvalue weighted by Crippen LogP contribution is -2.29. The molecule has 1 aliphatic heterocycles. The molecule has 3 N–H and O–H groups in total. The molecule has 1 heterocycles. The smallest absolute Gasteiger partial charge is 0.258 e. The largest absolute Gasteiger partial charge is 0.330 e. The Labute approximate surface area is 109 Å². The maximum Gasteiger partial charge on any atom is 0.258 e. The zero-order valence-electron chi connectivity index (χ0n) is 10.1. The predicted octanol–water partition coefficient (Wildman–Crippen LogP) is 0.403. The maximum atomic E-state index is 11.5. The summed E-state index contributed by atoms with van der Waals surface area (Å²) in [5, 5.41) is 2.66. The lowest BCUT2D eigenvalue weighted by molar-refractivity contribution is -0.120. The first kappa shape index (κ1) is 13.0. The normalized spacial score (nSPS) is 14.1. The Kier molecular flexibility index (Phi) is 3.72. The van der Waals surface area contributed by atoms with Gasteiger partial charge in [-0.2, -0.15) is 0 Å². The third-order valence-electron chi connectivity index (χ3n) is 2.59. The van der Waals surface area contributed by atoms with Gasteiger partial charge < -0.3 is 11.1 Å². The predicted molar refractivity (Wildman–Crippen MR) is 70.4 cm³/mol. The number of imide groups is 1. The van der Waals surface area contributed by atoms with Gasteiger partial charge in [-0.15, -0.1) is 0 Å². The van der Waals surface area contributed by atoms with Crippen molar-refractivity contribution in [2.24, 2.45) is 5.73 Å². The summed E-state index contributed by atoms with van der Waals surface area (Å²) in [5.74, 6) is -0.917. The van der Waals surface area contributed by atoms with E-state index < -0.39 is 0 Å². The Hall–Kier alpha value is -2.47. The van der Waals surface area contributed by atoms with E-state index in [1.165, 1.54) is 12.2 Å². The molecule has 6 nitrogen and oxygen atoms in total. The van der Waals surface area contributed by atoms with Gasteiger partial charge in [0, 0.05) is 30.8 Å². The molecule has 19 heavy (non-hydrogen) atoms. The Morgan fingerprint density at radius 3 is 2.21 bits per heavy atom. The van der Waals surface area contributed by atoms with Crippen molar-refractivity contribution in [3.8, 4) is 0 Å². The fraction of sp³-hybridized carbons (Fsp3) is 0.154. The number of hydrogen-bond acceptors (Lipinski definition) is 4. The Balaban J connectivity index is 2.09. The van der Waals surface area contributed by atoms with Gasteiger partial charge in [-0.3, -0.25) is 14.4 Å². The summed E-state index contributed by atoms with van der Waals surface area (Å²) in [5.41, 5.74) is 6.33. The first-order chi connectivity index (χ1) is 9.11. The van der Waals surface area contributed by atoms with Gasteiger partial charge in [0.1, 0.15) is 0 Å². The molecule has 1 aromatic rings. The molecule has 1 aliphatic rings. The molecule has 0 saturated heterocycles. The molecule has 1 aromatic carbocycles. The molecule has 2 rings (SSSR count). The standard InChI is InChI=1S/C13H13N3O3/c14-8-7-11(17)15-9-1-3-10(4-2-9)16-12(18)5-6-13(16)19/h1-6H,7-8,14H2,(H,15,17). The fourth-order valence-corrected chi connectivity index (χ4v) is 1.70. The zero-order valence-corrected chi connectivity index (χ0v) is 10.1. The van der Waals surface area contributed by atoms with Crippen molar-refractivity contribution < 1.29 is 14.4 Å². The molecule has 0 fully saturated rings.